The highest BCUT2D eigenvalue weighted by Gasteiger charge is 2.14. The molecule has 0 atom stereocenters. The van der Waals surface area contributed by atoms with Crippen molar-refractivity contribution in [3.63, 3.8) is 0 Å². The van der Waals surface area contributed by atoms with Crippen LogP contribution in [0.15, 0.2) is 60.8 Å². The van der Waals surface area contributed by atoms with Crippen molar-refractivity contribution >= 4 is 11.7 Å². The average molecular weight is 383 g/mol. The molecular weight excluding hydrogens is 348 g/mol. The minimum atomic E-state index is -0.580. The Morgan fingerprint density at radius 2 is 1.57 bits per heavy atom. The van der Waals surface area contributed by atoms with Gasteiger partial charge < -0.3 is 5.32 Å². The Morgan fingerprint density at radius 1 is 0.929 bits per heavy atom. The lowest BCUT2D eigenvalue weighted by atomic mass is 10.1. The minimum absolute atomic E-state index is 0.0635. The summed E-state index contributed by atoms with van der Waals surface area (Å²) in [6, 6.07) is 13.6. The van der Waals surface area contributed by atoms with Gasteiger partial charge in [0.2, 0.25) is 5.78 Å². The summed E-state index contributed by atoms with van der Waals surface area (Å²) in [5.41, 5.74) is 3.70. The maximum absolute atomic E-state index is 12.0. The second kappa shape index (κ2) is 15.3. The zero-order chi connectivity index (χ0) is 21.4. The van der Waals surface area contributed by atoms with Crippen LogP contribution in [0.3, 0.4) is 0 Å². The standard InChI is InChI=1S/C20H22N2O2.2C2H6/c1-3-18-10-9-17(14-21-18)12-19(23)20(24)22-13-15(2)11-16-7-5-4-6-8-16;2*1-2/h4-10,14H,2-3,11-13H2,1H3,(H,22,24);2*1-2H3. The SMILES string of the molecule is C=C(CNC(=O)C(=O)Cc1ccc(CC)nc1)Cc1ccccc1.CC.CC. The molecule has 1 aromatic heterocycles. The van der Waals surface area contributed by atoms with Crippen molar-refractivity contribution in [2.75, 3.05) is 6.54 Å². The lowest BCUT2D eigenvalue weighted by Gasteiger charge is -2.08. The van der Waals surface area contributed by atoms with Gasteiger partial charge in [0.15, 0.2) is 0 Å². The smallest absolute Gasteiger partial charge is 0.287 e. The molecular formula is C24H34N2O2. The Balaban J connectivity index is 0.00000171. The number of Topliss-reactive ketones (excluding diaryl/α,β-unsaturated/α-hetero) is 1. The van der Waals surface area contributed by atoms with Gasteiger partial charge in [-0.15, -0.1) is 0 Å². The number of ketones is 1. The first-order valence-corrected chi connectivity index (χ1v) is 10.0. The first-order valence-electron chi connectivity index (χ1n) is 10.0. The third-order valence-electron chi connectivity index (χ3n) is 3.66. The Bertz CT molecular complexity index is 707. The van der Waals surface area contributed by atoms with E-state index in [0.717, 1.165) is 28.8 Å². The van der Waals surface area contributed by atoms with Crippen LogP contribution in [0.2, 0.25) is 0 Å². The summed E-state index contributed by atoms with van der Waals surface area (Å²) in [5, 5.41) is 2.64. The number of carbonyl (C=O) groups is 2. The molecule has 0 spiro atoms. The molecule has 1 N–H and O–H groups in total. The summed E-state index contributed by atoms with van der Waals surface area (Å²) in [6.45, 7) is 14.3. The zero-order valence-electron chi connectivity index (χ0n) is 17.9. The molecule has 0 saturated heterocycles. The van der Waals surface area contributed by atoms with Gasteiger partial charge in [0.25, 0.3) is 5.91 Å². The Hall–Kier alpha value is -2.75. The molecule has 0 bridgehead atoms. The maximum atomic E-state index is 12.0. The Labute approximate surface area is 170 Å². The molecule has 2 rings (SSSR count). The minimum Gasteiger partial charge on any atom is -0.346 e. The van der Waals surface area contributed by atoms with Crippen molar-refractivity contribution in [2.24, 2.45) is 0 Å². The highest BCUT2D eigenvalue weighted by Crippen LogP contribution is 2.06. The van der Waals surface area contributed by atoms with Crippen LogP contribution in [0.4, 0.5) is 0 Å². The number of nitrogens with one attached hydrogen (secondary N) is 1. The number of amides is 1. The van der Waals surface area contributed by atoms with E-state index in [4.69, 9.17) is 0 Å². The van der Waals surface area contributed by atoms with E-state index in [1.54, 1.807) is 6.20 Å². The number of pyridine rings is 1. The molecule has 0 aliphatic carbocycles. The van der Waals surface area contributed by atoms with Gasteiger partial charge in [0.05, 0.1) is 0 Å². The third-order valence-corrected chi connectivity index (χ3v) is 3.66. The number of nitrogens with zero attached hydrogens (tertiary/aromatic N) is 1. The fourth-order valence-corrected chi connectivity index (χ4v) is 2.29. The molecule has 2 aromatic rings. The molecule has 152 valence electrons. The Morgan fingerprint density at radius 3 is 2.11 bits per heavy atom. The number of rotatable bonds is 8. The second-order valence-corrected chi connectivity index (χ2v) is 5.71. The molecule has 1 amide bonds. The molecule has 0 fully saturated rings. The third kappa shape index (κ3) is 9.81. The van der Waals surface area contributed by atoms with Crippen molar-refractivity contribution in [1.82, 2.24) is 10.3 Å². The normalized spacial score (nSPS) is 9.18. The number of aryl methyl sites for hydroxylation is 1. The fraction of sp³-hybridized carbons (Fsp3) is 0.375. The summed E-state index contributed by atoms with van der Waals surface area (Å²) < 4.78 is 0. The molecule has 4 heteroatoms. The van der Waals surface area contributed by atoms with E-state index in [1.807, 2.05) is 77.1 Å². The van der Waals surface area contributed by atoms with Crippen LogP contribution in [0.5, 0.6) is 0 Å². The number of hydrogen-bond donors (Lipinski definition) is 1. The van der Waals surface area contributed by atoms with E-state index in [2.05, 4.69) is 16.9 Å². The number of benzene rings is 1. The van der Waals surface area contributed by atoms with Gasteiger partial charge in [-0.05, 0) is 30.0 Å². The van der Waals surface area contributed by atoms with Crippen molar-refractivity contribution in [3.05, 3.63) is 77.6 Å². The van der Waals surface area contributed by atoms with Crippen LogP contribution < -0.4 is 5.32 Å². The average Bonchev–Trinajstić information content (AvgIpc) is 2.76. The fourth-order valence-electron chi connectivity index (χ4n) is 2.29. The zero-order valence-corrected chi connectivity index (χ0v) is 17.9. The van der Waals surface area contributed by atoms with Gasteiger partial charge >= 0.3 is 0 Å². The van der Waals surface area contributed by atoms with Crippen LogP contribution in [0.25, 0.3) is 0 Å². The maximum Gasteiger partial charge on any atom is 0.287 e. The van der Waals surface area contributed by atoms with Gasteiger partial charge in [-0.2, -0.15) is 0 Å². The van der Waals surface area contributed by atoms with Crippen LogP contribution in [0, 0.1) is 0 Å². The summed E-state index contributed by atoms with van der Waals surface area (Å²) >= 11 is 0. The monoisotopic (exact) mass is 382 g/mol. The van der Waals surface area contributed by atoms with Crippen molar-refractivity contribution in [3.8, 4) is 0 Å². The number of aromatic nitrogens is 1. The number of carbonyl (C=O) groups excluding carboxylic acids is 2. The molecule has 0 aliphatic heterocycles. The summed E-state index contributed by atoms with van der Waals surface area (Å²) in [6.07, 6.45) is 3.24. The molecule has 1 aromatic carbocycles. The van der Waals surface area contributed by atoms with E-state index in [1.165, 1.54) is 0 Å². The molecule has 0 aliphatic rings. The van der Waals surface area contributed by atoms with Crippen LogP contribution >= 0.6 is 0 Å². The largest absolute Gasteiger partial charge is 0.346 e. The summed E-state index contributed by atoms with van der Waals surface area (Å²) in [4.78, 5) is 28.1. The molecule has 28 heavy (non-hydrogen) atoms. The molecule has 1 heterocycles. The predicted molar refractivity (Wildman–Crippen MR) is 117 cm³/mol. The second-order valence-electron chi connectivity index (χ2n) is 5.71. The van der Waals surface area contributed by atoms with E-state index >= 15 is 0 Å². The lowest BCUT2D eigenvalue weighted by molar-refractivity contribution is -0.137. The number of hydrogen-bond acceptors (Lipinski definition) is 3. The first kappa shape index (κ1) is 25.2. The van der Waals surface area contributed by atoms with Crippen molar-refractivity contribution in [2.45, 2.75) is 53.9 Å². The van der Waals surface area contributed by atoms with Gasteiger partial charge in [-0.25, -0.2) is 0 Å². The van der Waals surface area contributed by atoms with Crippen LogP contribution in [-0.4, -0.2) is 23.2 Å². The van der Waals surface area contributed by atoms with Crippen LogP contribution in [0.1, 0.15) is 51.4 Å². The van der Waals surface area contributed by atoms with Gasteiger partial charge in [0, 0.05) is 24.9 Å². The van der Waals surface area contributed by atoms with Gasteiger partial charge in [-0.3, -0.25) is 14.6 Å². The van der Waals surface area contributed by atoms with E-state index < -0.39 is 11.7 Å². The van der Waals surface area contributed by atoms with Gasteiger partial charge in [0.1, 0.15) is 0 Å². The quantitative estimate of drug-likeness (QED) is 0.531. The van der Waals surface area contributed by atoms with Crippen molar-refractivity contribution in [1.29, 1.82) is 0 Å². The first-order chi connectivity index (χ1) is 13.6. The summed E-state index contributed by atoms with van der Waals surface area (Å²) in [5.74, 6) is -1.04. The van der Waals surface area contributed by atoms with E-state index in [-0.39, 0.29) is 6.42 Å². The van der Waals surface area contributed by atoms with Crippen LogP contribution in [-0.2, 0) is 28.9 Å². The van der Waals surface area contributed by atoms with E-state index in [0.29, 0.717) is 13.0 Å². The van der Waals surface area contributed by atoms with E-state index in [9.17, 15) is 9.59 Å². The highest BCUT2D eigenvalue weighted by molar-refractivity contribution is 6.36. The molecule has 4 nitrogen and oxygen atoms in total. The molecule has 0 radical (unpaired) electrons. The molecule has 0 unspecified atom stereocenters. The topological polar surface area (TPSA) is 59.1 Å². The Kier molecular flexibility index (Phi) is 13.8. The van der Waals surface area contributed by atoms with Crippen molar-refractivity contribution < 1.29 is 9.59 Å². The molecule has 0 saturated carbocycles. The van der Waals surface area contributed by atoms with Gasteiger partial charge in [-0.1, -0.05) is 83.2 Å². The highest BCUT2D eigenvalue weighted by atomic mass is 16.2. The lowest BCUT2D eigenvalue weighted by Crippen LogP contribution is -2.33. The summed E-state index contributed by atoms with van der Waals surface area (Å²) in [7, 11) is 0. The predicted octanol–water partition coefficient (Wildman–Crippen LogP) is 4.72.